The first-order valence-electron chi connectivity index (χ1n) is 5.77. The summed E-state index contributed by atoms with van der Waals surface area (Å²) < 4.78 is 0. The van der Waals surface area contributed by atoms with Gasteiger partial charge in [0.25, 0.3) is 0 Å². The first-order chi connectivity index (χ1) is 6.40. The van der Waals surface area contributed by atoms with Crippen molar-refractivity contribution in [3.8, 4) is 0 Å². The van der Waals surface area contributed by atoms with Crippen molar-refractivity contribution in [2.75, 3.05) is 0 Å². The van der Waals surface area contributed by atoms with Crippen LogP contribution in [0.15, 0.2) is 24.3 Å². The average Bonchev–Trinajstić information content (AvgIpc) is 2.10. The quantitative estimate of drug-likeness (QED) is 0.524. The van der Waals surface area contributed by atoms with Gasteiger partial charge in [0.15, 0.2) is 0 Å². The zero-order chi connectivity index (χ0) is 11.2. The van der Waals surface area contributed by atoms with Gasteiger partial charge in [0.1, 0.15) is 0 Å². The molecule has 82 valence electrons. The average molecular weight is 194 g/mol. The Balaban J connectivity index is 4.20. The lowest BCUT2D eigenvalue weighted by Gasteiger charge is -2.25. The maximum Gasteiger partial charge on any atom is -0.0110 e. The molecule has 0 aromatic rings. The lowest BCUT2D eigenvalue weighted by Crippen LogP contribution is -2.12. The molecular formula is C14H26. The highest BCUT2D eigenvalue weighted by molar-refractivity contribution is 5.22. The topological polar surface area (TPSA) is 0 Å². The molecule has 0 unspecified atom stereocenters. The molecule has 0 saturated carbocycles. The molecule has 0 aliphatic heterocycles. The van der Waals surface area contributed by atoms with E-state index in [9.17, 15) is 0 Å². The fourth-order valence-corrected chi connectivity index (χ4v) is 1.31. The molecule has 0 atom stereocenters. The van der Waals surface area contributed by atoms with Crippen LogP contribution in [-0.4, -0.2) is 0 Å². The van der Waals surface area contributed by atoms with Crippen LogP contribution in [0.5, 0.6) is 0 Å². The number of hydrogen-bond acceptors (Lipinski definition) is 0. The van der Waals surface area contributed by atoms with E-state index in [4.69, 9.17) is 0 Å². The fraction of sp³-hybridized carbons (Fsp3) is 0.714. The Kier molecular flexibility index (Phi) is 5.83. The number of allylic oxidation sites excluding steroid dienone is 3. The summed E-state index contributed by atoms with van der Waals surface area (Å²) in [4.78, 5) is 0. The van der Waals surface area contributed by atoms with E-state index in [0.29, 0.717) is 5.92 Å². The Morgan fingerprint density at radius 2 is 1.93 bits per heavy atom. The van der Waals surface area contributed by atoms with Crippen molar-refractivity contribution in [1.29, 1.82) is 0 Å². The van der Waals surface area contributed by atoms with Gasteiger partial charge in [-0.05, 0) is 23.3 Å². The van der Waals surface area contributed by atoms with Crippen LogP contribution in [0.25, 0.3) is 0 Å². The second-order valence-corrected chi connectivity index (χ2v) is 5.12. The van der Waals surface area contributed by atoms with Crippen molar-refractivity contribution in [2.45, 2.75) is 53.9 Å². The summed E-state index contributed by atoms with van der Waals surface area (Å²) in [7, 11) is 0. The van der Waals surface area contributed by atoms with Crippen LogP contribution in [0.2, 0.25) is 0 Å². The summed E-state index contributed by atoms with van der Waals surface area (Å²) in [5, 5.41) is 0. The molecule has 0 saturated heterocycles. The number of unbranched alkanes of at least 4 members (excludes halogenated alkanes) is 1. The molecule has 14 heavy (non-hydrogen) atoms. The van der Waals surface area contributed by atoms with Crippen LogP contribution in [0.4, 0.5) is 0 Å². The van der Waals surface area contributed by atoms with Crippen molar-refractivity contribution in [2.24, 2.45) is 11.3 Å². The SMILES string of the molecule is C=C(/C=C/C(C)C)C(C)(C)CCCC. The third-order valence-corrected chi connectivity index (χ3v) is 2.71. The predicted octanol–water partition coefficient (Wildman–Crippen LogP) is 4.97. The molecule has 0 heteroatoms. The minimum Gasteiger partial charge on any atom is -0.0953 e. The highest BCUT2D eigenvalue weighted by atomic mass is 14.2. The lowest BCUT2D eigenvalue weighted by molar-refractivity contribution is 0.401. The molecule has 0 aliphatic carbocycles. The first-order valence-corrected chi connectivity index (χ1v) is 5.77. The van der Waals surface area contributed by atoms with Gasteiger partial charge in [-0.2, -0.15) is 0 Å². The van der Waals surface area contributed by atoms with Crippen LogP contribution >= 0.6 is 0 Å². The third-order valence-electron chi connectivity index (χ3n) is 2.71. The largest absolute Gasteiger partial charge is 0.0953 e. The van der Waals surface area contributed by atoms with Gasteiger partial charge in [-0.1, -0.05) is 66.2 Å². The van der Waals surface area contributed by atoms with E-state index in [1.807, 2.05) is 0 Å². The van der Waals surface area contributed by atoms with Crippen molar-refractivity contribution >= 4 is 0 Å². The summed E-state index contributed by atoms with van der Waals surface area (Å²) in [5.41, 5.74) is 1.53. The molecule has 0 fully saturated rings. The Labute approximate surface area is 90.1 Å². The summed E-state index contributed by atoms with van der Waals surface area (Å²) in [5.74, 6) is 0.619. The van der Waals surface area contributed by atoms with E-state index >= 15 is 0 Å². The van der Waals surface area contributed by atoms with Gasteiger partial charge < -0.3 is 0 Å². The summed E-state index contributed by atoms with van der Waals surface area (Å²) >= 11 is 0. The molecule has 0 N–H and O–H groups in total. The molecule has 0 bridgehead atoms. The summed E-state index contributed by atoms with van der Waals surface area (Å²) in [6.45, 7) is 15.4. The van der Waals surface area contributed by atoms with Crippen molar-refractivity contribution in [3.63, 3.8) is 0 Å². The molecule has 0 radical (unpaired) electrons. The first kappa shape index (κ1) is 13.5. The third kappa shape index (κ3) is 5.26. The minimum atomic E-state index is 0.265. The summed E-state index contributed by atoms with van der Waals surface area (Å²) in [6.07, 6.45) is 8.23. The Bertz CT molecular complexity index is 194. The Morgan fingerprint density at radius 3 is 2.36 bits per heavy atom. The van der Waals surface area contributed by atoms with E-state index in [2.05, 4.69) is 53.3 Å². The van der Waals surface area contributed by atoms with Gasteiger partial charge >= 0.3 is 0 Å². The highest BCUT2D eigenvalue weighted by Gasteiger charge is 2.18. The van der Waals surface area contributed by atoms with Crippen LogP contribution in [0, 0.1) is 11.3 Å². The maximum atomic E-state index is 4.16. The van der Waals surface area contributed by atoms with Gasteiger partial charge in [-0.25, -0.2) is 0 Å². The lowest BCUT2D eigenvalue weighted by atomic mass is 9.80. The van der Waals surface area contributed by atoms with Gasteiger partial charge in [0.2, 0.25) is 0 Å². The smallest absolute Gasteiger partial charge is 0.0110 e. The van der Waals surface area contributed by atoms with E-state index in [-0.39, 0.29) is 5.41 Å². The zero-order valence-electron chi connectivity index (χ0n) is 10.6. The molecule has 0 heterocycles. The normalized spacial score (nSPS) is 12.7. The highest BCUT2D eigenvalue weighted by Crippen LogP contribution is 2.31. The summed E-state index contributed by atoms with van der Waals surface area (Å²) in [6, 6.07) is 0. The molecule has 0 nitrogen and oxygen atoms in total. The van der Waals surface area contributed by atoms with Crippen LogP contribution < -0.4 is 0 Å². The van der Waals surface area contributed by atoms with Crippen LogP contribution in [0.3, 0.4) is 0 Å². The van der Waals surface area contributed by atoms with E-state index < -0.39 is 0 Å². The number of rotatable bonds is 6. The van der Waals surface area contributed by atoms with E-state index in [1.54, 1.807) is 0 Å². The van der Waals surface area contributed by atoms with E-state index in [0.717, 1.165) is 0 Å². The predicted molar refractivity (Wildman–Crippen MR) is 66.4 cm³/mol. The fourth-order valence-electron chi connectivity index (χ4n) is 1.31. The Morgan fingerprint density at radius 1 is 1.36 bits per heavy atom. The van der Waals surface area contributed by atoms with Gasteiger partial charge in [-0.3, -0.25) is 0 Å². The molecule has 0 aliphatic rings. The van der Waals surface area contributed by atoms with Crippen molar-refractivity contribution in [3.05, 3.63) is 24.3 Å². The van der Waals surface area contributed by atoms with E-state index in [1.165, 1.54) is 24.8 Å². The van der Waals surface area contributed by atoms with Crippen LogP contribution in [0.1, 0.15) is 53.9 Å². The van der Waals surface area contributed by atoms with Gasteiger partial charge in [-0.15, -0.1) is 0 Å². The molecule has 0 rings (SSSR count). The monoisotopic (exact) mass is 194 g/mol. The molecule has 0 aromatic heterocycles. The van der Waals surface area contributed by atoms with Gasteiger partial charge in [0, 0.05) is 0 Å². The van der Waals surface area contributed by atoms with Crippen LogP contribution in [-0.2, 0) is 0 Å². The Hall–Kier alpha value is -0.520. The molecule has 0 aromatic carbocycles. The minimum absolute atomic E-state index is 0.265. The number of hydrogen-bond donors (Lipinski definition) is 0. The standard InChI is InChI=1S/C14H26/c1-7-8-11-14(5,6)13(4)10-9-12(2)3/h9-10,12H,4,7-8,11H2,1-3,5-6H3/b10-9+. The van der Waals surface area contributed by atoms with Crippen molar-refractivity contribution in [1.82, 2.24) is 0 Å². The second kappa shape index (κ2) is 6.06. The van der Waals surface area contributed by atoms with Crippen molar-refractivity contribution < 1.29 is 0 Å². The molecule has 0 amide bonds. The maximum absolute atomic E-state index is 4.16. The zero-order valence-corrected chi connectivity index (χ0v) is 10.6. The molecule has 0 spiro atoms. The molecular weight excluding hydrogens is 168 g/mol. The second-order valence-electron chi connectivity index (χ2n) is 5.12. The van der Waals surface area contributed by atoms with Gasteiger partial charge in [0.05, 0.1) is 0 Å².